The number of anilines is 3. The van der Waals surface area contributed by atoms with Crippen molar-refractivity contribution in [1.82, 2.24) is 4.57 Å². The van der Waals surface area contributed by atoms with E-state index in [4.69, 9.17) is 0 Å². The van der Waals surface area contributed by atoms with Gasteiger partial charge in [-0.25, -0.2) is 0 Å². The normalized spacial score (nSPS) is 11.6. The molecule has 1 heterocycles. The predicted octanol–water partition coefficient (Wildman–Crippen LogP) is 15.0. The Morgan fingerprint density at radius 2 is 0.786 bits per heavy atom. The van der Waals surface area contributed by atoms with Gasteiger partial charge in [0.25, 0.3) is 0 Å². The van der Waals surface area contributed by atoms with E-state index in [-0.39, 0.29) is 0 Å². The lowest BCUT2D eigenvalue weighted by atomic mass is 9.85. The van der Waals surface area contributed by atoms with Gasteiger partial charge in [0.2, 0.25) is 0 Å². The van der Waals surface area contributed by atoms with Crippen molar-refractivity contribution in [1.29, 1.82) is 0 Å². The number of benzene rings is 10. The molecule has 11 rings (SSSR count). The van der Waals surface area contributed by atoms with Crippen LogP contribution in [-0.4, -0.2) is 4.57 Å². The van der Waals surface area contributed by atoms with Gasteiger partial charge in [-0.2, -0.15) is 0 Å². The number of para-hydroxylation sites is 2. The number of aromatic nitrogens is 1. The molecule has 0 amide bonds. The molecule has 0 fully saturated rings. The van der Waals surface area contributed by atoms with Crippen molar-refractivity contribution in [3.63, 3.8) is 0 Å². The summed E-state index contributed by atoms with van der Waals surface area (Å²) in [5, 5.41) is 9.89. The Hall–Kier alpha value is -7.42. The number of rotatable bonds is 6. The fourth-order valence-electron chi connectivity index (χ4n) is 8.91. The molecule has 0 atom stereocenters. The summed E-state index contributed by atoms with van der Waals surface area (Å²) in [5.41, 5.74) is 11.7. The maximum absolute atomic E-state index is 2.45. The number of hydrogen-bond acceptors (Lipinski definition) is 1. The summed E-state index contributed by atoms with van der Waals surface area (Å²) >= 11 is 0. The molecule has 1 aromatic heterocycles. The Morgan fingerprint density at radius 1 is 0.286 bits per heavy atom. The second-order valence-corrected chi connectivity index (χ2v) is 14.5. The Bertz CT molecular complexity index is 3230. The molecule has 10 aromatic carbocycles. The highest BCUT2D eigenvalue weighted by Crippen LogP contribution is 2.47. The standard InChI is InChI=1S/C54H36N2/c1-4-18-38(19-5-1)53-48-28-13-12-26-44(48)45-33-31-41(35-49(45)54(53)39-20-6-2-7-21-39)55(40-23-8-3-9-24-40)42-32-34-47-46-27-14-15-29-51(46)56(52(47)36-42)50-30-16-22-37-17-10-11-25-43(37)50/h1-36H. The molecular formula is C54H36N2. The first kappa shape index (κ1) is 32.0. The van der Waals surface area contributed by atoms with Crippen LogP contribution in [0.2, 0.25) is 0 Å². The summed E-state index contributed by atoms with van der Waals surface area (Å²) in [5.74, 6) is 0. The van der Waals surface area contributed by atoms with Gasteiger partial charge in [0.1, 0.15) is 0 Å². The van der Waals surface area contributed by atoms with E-state index in [0.29, 0.717) is 0 Å². The molecule has 0 unspecified atom stereocenters. The average molecular weight is 713 g/mol. The van der Waals surface area contributed by atoms with Gasteiger partial charge in [-0.3, -0.25) is 0 Å². The molecular weight excluding hydrogens is 677 g/mol. The molecule has 0 N–H and O–H groups in total. The third kappa shape index (κ3) is 5.11. The minimum Gasteiger partial charge on any atom is -0.310 e. The first-order chi connectivity index (χ1) is 27.8. The van der Waals surface area contributed by atoms with E-state index < -0.39 is 0 Å². The van der Waals surface area contributed by atoms with E-state index in [9.17, 15) is 0 Å². The van der Waals surface area contributed by atoms with E-state index in [2.05, 4.69) is 228 Å². The summed E-state index contributed by atoms with van der Waals surface area (Å²) in [6.07, 6.45) is 0. The van der Waals surface area contributed by atoms with Gasteiger partial charge >= 0.3 is 0 Å². The molecule has 0 saturated heterocycles. The minimum absolute atomic E-state index is 1.10. The van der Waals surface area contributed by atoms with E-state index in [1.165, 1.54) is 82.1 Å². The maximum atomic E-state index is 2.45. The van der Waals surface area contributed by atoms with Gasteiger partial charge in [0, 0.05) is 33.2 Å². The van der Waals surface area contributed by atoms with Crippen LogP contribution in [0.15, 0.2) is 218 Å². The fourth-order valence-corrected chi connectivity index (χ4v) is 8.91. The molecule has 11 aromatic rings. The largest absolute Gasteiger partial charge is 0.310 e. The molecule has 262 valence electrons. The highest BCUT2D eigenvalue weighted by atomic mass is 15.1. The van der Waals surface area contributed by atoms with Crippen molar-refractivity contribution in [3.05, 3.63) is 218 Å². The molecule has 0 spiro atoms. The number of fused-ring (bicyclic) bond motifs is 7. The third-order valence-electron chi connectivity index (χ3n) is 11.3. The van der Waals surface area contributed by atoms with Gasteiger partial charge in [0.05, 0.1) is 16.7 Å². The number of nitrogens with zero attached hydrogens (tertiary/aromatic N) is 2. The highest BCUT2D eigenvalue weighted by molar-refractivity contribution is 6.22. The van der Waals surface area contributed by atoms with Crippen LogP contribution in [0.1, 0.15) is 0 Å². The quantitative estimate of drug-likeness (QED) is 0.156. The SMILES string of the molecule is c1ccc(-c2c(-c3ccccc3)c3cc(N(c4ccccc4)c4ccc5c6ccccc6n(-c6cccc7ccccc67)c5c4)ccc3c3ccccc23)cc1. The van der Waals surface area contributed by atoms with Gasteiger partial charge in [-0.1, -0.05) is 170 Å². The summed E-state index contributed by atoms with van der Waals surface area (Å²) < 4.78 is 2.45. The minimum atomic E-state index is 1.10. The summed E-state index contributed by atoms with van der Waals surface area (Å²) in [6, 6.07) is 79.5. The zero-order chi connectivity index (χ0) is 37.0. The Balaban J connectivity index is 1.21. The monoisotopic (exact) mass is 712 g/mol. The van der Waals surface area contributed by atoms with Crippen molar-refractivity contribution < 1.29 is 0 Å². The zero-order valence-corrected chi connectivity index (χ0v) is 30.7. The lowest BCUT2D eigenvalue weighted by Crippen LogP contribution is -2.10. The molecule has 2 heteroatoms. The molecule has 56 heavy (non-hydrogen) atoms. The molecule has 0 aliphatic rings. The van der Waals surface area contributed by atoms with Crippen molar-refractivity contribution in [2.24, 2.45) is 0 Å². The van der Waals surface area contributed by atoms with Crippen LogP contribution >= 0.6 is 0 Å². The van der Waals surface area contributed by atoms with Crippen LogP contribution in [0.5, 0.6) is 0 Å². The summed E-state index contributed by atoms with van der Waals surface area (Å²) in [7, 11) is 0. The van der Waals surface area contributed by atoms with Crippen LogP contribution in [-0.2, 0) is 0 Å². The molecule has 0 saturated carbocycles. The zero-order valence-electron chi connectivity index (χ0n) is 30.7. The highest BCUT2D eigenvalue weighted by Gasteiger charge is 2.22. The average Bonchev–Trinajstić information content (AvgIpc) is 3.60. The van der Waals surface area contributed by atoms with Crippen LogP contribution < -0.4 is 4.90 Å². The topological polar surface area (TPSA) is 8.17 Å². The van der Waals surface area contributed by atoms with Crippen LogP contribution in [0.25, 0.3) is 82.1 Å². The first-order valence-electron chi connectivity index (χ1n) is 19.3. The summed E-state index contributed by atoms with van der Waals surface area (Å²) in [4.78, 5) is 2.41. The first-order valence-corrected chi connectivity index (χ1v) is 19.3. The van der Waals surface area contributed by atoms with Gasteiger partial charge in [-0.15, -0.1) is 0 Å². The molecule has 0 radical (unpaired) electrons. The van der Waals surface area contributed by atoms with E-state index >= 15 is 0 Å². The lowest BCUT2D eigenvalue weighted by Gasteiger charge is -2.27. The van der Waals surface area contributed by atoms with Crippen molar-refractivity contribution in [2.75, 3.05) is 4.90 Å². The summed E-state index contributed by atoms with van der Waals surface area (Å²) in [6.45, 7) is 0. The van der Waals surface area contributed by atoms with Gasteiger partial charge in [0.15, 0.2) is 0 Å². The fraction of sp³-hybridized carbons (Fsp3) is 0. The van der Waals surface area contributed by atoms with E-state index in [1.54, 1.807) is 0 Å². The van der Waals surface area contributed by atoms with Crippen LogP contribution in [0.3, 0.4) is 0 Å². The predicted molar refractivity (Wildman–Crippen MR) is 239 cm³/mol. The molecule has 0 aliphatic carbocycles. The Morgan fingerprint density at radius 3 is 1.52 bits per heavy atom. The van der Waals surface area contributed by atoms with E-state index in [0.717, 1.165) is 17.1 Å². The lowest BCUT2D eigenvalue weighted by molar-refractivity contribution is 1.19. The smallest absolute Gasteiger partial charge is 0.0562 e. The van der Waals surface area contributed by atoms with Crippen LogP contribution in [0.4, 0.5) is 17.1 Å². The maximum Gasteiger partial charge on any atom is 0.0562 e. The second kappa shape index (κ2) is 13.2. The van der Waals surface area contributed by atoms with E-state index in [1.807, 2.05) is 0 Å². The van der Waals surface area contributed by atoms with Gasteiger partial charge < -0.3 is 9.47 Å². The second-order valence-electron chi connectivity index (χ2n) is 14.5. The number of hydrogen-bond donors (Lipinski definition) is 0. The Labute approximate surface area is 325 Å². The van der Waals surface area contributed by atoms with Crippen molar-refractivity contribution >= 4 is 71.2 Å². The van der Waals surface area contributed by atoms with Crippen molar-refractivity contribution in [3.8, 4) is 27.9 Å². The Kier molecular flexibility index (Phi) is 7.53. The molecule has 2 nitrogen and oxygen atoms in total. The van der Waals surface area contributed by atoms with Crippen LogP contribution in [0, 0.1) is 0 Å². The molecule has 0 bridgehead atoms. The molecule has 0 aliphatic heterocycles. The van der Waals surface area contributed by atoms with Crippen molar-refractivity contribution in [2.45, 2.75) is 0 Å². The third-order valence-corrected chi connectivity index (χ3v) is 11.3. The van der Waals surface area contributed by atoms with Gasteiger partial charge in [-0.05, 0) is 97.7 Å².